The molecule has 0 radical (unpaired) electrons. The molecule has 1 aromatic heterocycles. The van der Waals surface area contributed by atoms with E-state index >= 15 is 0 Å². The summed E-state index contributed by atoms with van der Waals surface area (Å²) in [5.74, 6) is -0.650. The number of nitrogens with zero attached hydrogens (tertiary/aromatic N) is 4. The molecule has 0 spiro atoms. The van der Waals surface area contributed by atoms with Gasteiger partial charge in [-0.25, -0.2) is 0 Å². The van der Waals surface area contributed by atoms with Gasteiger partial charge in [-0.15, -0.1) is 0 Å². The van der Waals surface area contributed by atoms with E-state index in [0.717, 1.165) is 41.1 Å². The molecule has 4 aromatic carbocycles. The number of carbonyl (C=O) groups is 2. The summed E-state index contributed by atoms with van der Waals surface area (Å²) < 4.78 is 39.5. The van der Waals surface area contributed by atoms with Gasteiger partial charge in [-0.2, -0.15) is 13.2 Å². The van der Waals surface area contributed by atoms with E-state index < -0.39 is 23.7 Å². The van der Waals surface area contributed by atoms with Crippen LogP contribution in [0.4, 0.5) is 13.2 Å². The van der Waals surface area contributed by atoms with E-state index in [0.29, 0.717) is 18.7 Å². The number of halogens is 3. The second-order valence-corrected chi connectivity index (χ2v) is 13.5. The van der Waals surface area contributed by atoms with Crippen LogP contribution in [0.1, 0.15) is 38.9 Å². The van der Waals surface area contributed by atoms with Gasteiger partial charge in [0.25, 0.3) is 0 Å². The zero-order valence-corrected chi connectivity index (χ0v) is 30.6. The van der Waals surface area contributed by atoms with Crippen molar-refractivity contribution in [1.82, 2.24) is 19.7 Å². The zero-order chi connectivity index (χ0) is 38.0. The first-order valence-electron chi connectivity index (χ1n) is 17.6. The lowest BCUT2D eigenvalue weighted by atomic mass is 10.0. The molecule has 0 saturated heterocycles. The minimum absolute atomic E-state index is 0.127. The van der Waals surface area contributed by atoms with E-state index in [1.165, 1.54) is 41.0 Å². The van der Waals surface area contributed by atoms with Crippen molar-refractivity contribution in [2.75, 3.05) is 27.2 Å². The molecule has 9 heteroatoms. The normalized spacial score (nSPS) is 12.2. The van der Waals surface area contributed by atoms with Crippen molar-refractivity contribution >= 4 is 17.9 Å². The van der Waals surface area contributed by atoms with Crippen LogP contribution in [0.3, 0.4) is 0 Å². The highest BCUT2D eigenvalue weighted by Gasteiger charge is 2.32. The number of pyridine rings is 1. The second kappa shape index (κ2) is 17.8. The molecule has 0 saturated carbocycles. The SMILES string of the molecule is Cc1ccc(CN(C)CCN(C)C(=O)C(Cc2ccccc2)N(Cc2ccc(-c3ccccn3)cc2)C(=O)C=Cc2ccc(C(F)(F)F)cc2)c(C)c1. The summed E-state index contributed by atoms with van der Waals surface area (Å²) >= 11 is 0. The van der Waals surface area contributed by atoms with Gasteiger partial charge in [-0.05, 0) is 79.1 Å². The van der Waals surface area contributed by atoms with Crippen LogP contribution in [0, 0.1) is 13.8 Å². The van der Waals surface area contributed by atoms with Crippen LogP contribution >= 0.6 is 0 Å². The number of alkyl halides is 3. The van der Waals surface area contributed by atoms with Gasteiger partial charge in [0, 0.05) is 57.5 Å². The molecule has 1 atom stereocenters. The Morgan fingerprint density at radius 3 is 2.11 bits per heavy atom. The van der Waals surface area contributed by atoms with E-state index in [1.807, 2.05) is 79.8 Å². The first-order chi connectivity index (χ1) is 25.4. The van der Waals surface area contributed by atoms with E-state index in [4.69, 9.17) is 0 Å². The van der Waals surface area contributed by atoms with Crippen LogP contribution in [-0.2, 0) is 35.3 Å². The summed E-state index contributed by atoms with van der Waals surface area (Å²) in [7, 11) is 3.78. The third-order valence-electron chi connectivity index (χ3n) is 9.27. The molecule has 53 heavy (non-hydrogen) atoms. The minimum Gasteiger partial charge on any atom is -0.343 e. The van der Waals surface area contributed by atoms with Gasteiger partial charge in [-0.1, -0.05) is 96.6 Å². The molecule has 274 valence electrons. The monoisotopic (exact) mass is 718 g/mol. The maximum atomic E-state index is 14.5. The third kappa shape index (κ3) is 11.0. The Hall–Kier alpha value is -5.54. The average molecular weight is 719 g/mol. The fraction of sp³-hybridized carbons (Fsp3) is 0.250. The molecule has 0 bridgehead atoms. The third-order valence-corrected chi connectivity index (χ3v) is 9.27. The molecule has 0 aliphatic rings. The maximum absolute atomic E-state index is 14.5. The lowest BCUT2D eigenvalue weighted by molar-refractivity contribution is -0.143. The highest BCUT2D eigenvalue weighted by atomic mass is 19.4. The van der Waals surface area contributed by atoms with Crippen molar-refractivity contribution in [2.24, 2.45) is 0 Å². The molecule has 0 aliphatic carbocycles. The summed E-state index contributed by atoms with van der Waals surface area (Å²) in [5, 5.41) is 0. The summed E-state index contributed by atoms with van der Waals surface area (Å²) in [6.07, 6.45) is 0.342. The van der Waals surface area contributed by atoms with Gasteiger partial charge in [0.15, 0.2) is 0 Å². The minimum atomic E-state index is -4.47. The lowest BCUT2D eigenvalue weighted by Crippen LogP contribution is -2.51. The summed E-state index contributed by atoms with van der Waals surface area (Å²) in [6, 6.07) is 33.1. The van der Waals surface area contributed by atoms with E-state index in [-0.39, 0.29) is 18.9 Å². The van der Waals surface area contributed by atoms with Gasteiger partial charge < -0.3 is 14.7 Å². The van der Waals surface area contributed by atoms with Crippen molar-refractivity contribution in [1.29, 1.82) is 0 Å². The Morgan fingerprint density at radius 2 is 1.47 bits per heavy atom. The van der Waals surface area contributed by atoms with Crippen LogP contribution in [0.15, 0.2) is 128 Å². The number of hydrogen-bond donors (Lipinski definition) is 0. The van der Waals surface area contributed by atoms with Crippen molar-refractivity contribution < 1.29 is 22.8 Å². The average Bonchev–Trinajstić information content (AvgIpc) is 3.16. The molecule has 2 amide bonds. The largest absolute Gasteiger partial charge is 0.416 e. The highest BCUT2D eigenvalue weighted by Crippen LogP contribution is 2.29. The first kappa shape index (κ1) is 38.7. The fourth-order valence-electron chi connectivity index (χ4n) is 6.15. The smallest absolute Gasteiger partial charge is 0.343 e. The van der Waals surface area contributed by atoms with Crippen LogP contribution in [-0.4, -0.2) is 64.7 Å². The summed E-state index contributed by atoms with van der Waals surface area (Å²) in [6.45, 7) is 6.09. The Kier molecular flexibility index (Phi) is 13.0. The first-order valence-corrected chi connectivity index (χ1v) is 17.6. The topological polar surface area (TPSA) is 56.8 Å². The number of hydrogen-bond acceptors (Lipinski definition) is 4. The molecule has 5 rings (SSSR count). The van der Waals surface area contributed by atoms with Crippen LogP contribution in [0.5, 0.6) is 0 Å². The molecule has 6 nitrogen and oxygen atoms in total. The van der Waals surface area contributed by atoms with Crippen molar-refractivity contribution in [3.05, 3.63) is 166 Å². The number of aryl methyl sites for hydroxylation is 2. The van der Waals surface area contributed by atoms with Gasteiger partial charge in [-0.3, -0.25) is 14.6 Å². The number of carbonyl (C=O) groups excluding carboxylic acids is 2. The molecule has 0 fully saturated rings. The van der Waals surface area contributed by atoms with Crippen LogP contribution in [0.2, 0.25) is 0 Å². The van der Waals surface area contributed by atoms with E-state index in [2.05, 4.69) is 41.9 Å². The Labute approximate surface area is 310 Å². The Balaban J connectivity index is 1.42. The van der Waals surface area contributed by atoms with Gasteiger partial charge in [0.05, 0.1) is 11.3 Å². The highest BCUT2D eigenvalue weighted by molar-refractivity contribution is 5.95. The number of likely N-dealkylation sites (N-methyl/N-ethyl adjacent to an activating group) is 2. The van der Waals surface area contributed by atoms with Gasteiger partial charge in [0.1, 0.15) is 6.04 Å². The molecule has 1 heterocycles. The van der Waals surface area contributed by atoms with Crippen molar-refractivity contribution in [3.63, 3.8) is 0 Å². The number of rotatable bonds is 14. The quantitative estimate of drug-likeness (QED) is 0.108. The second-order valence-electron chi connectivity index (χ2n) is 13.5. The predicted molar refractivity (Wildman–Crippen MR) is 205 cm³/mol. The van der Waals surface area contributed by atoms with Crippen molar-refractivity contribution in [2.45, 2.75) is 45.6 Å². The maximum Gasteiger partial charge on any atom is 0.416 e. The zero-order valence-electron chi connectivity index (χ0n) is 30.6. The molecule has 5 aromatic rings. The summed E-state index contributed by atoms with van der Waals surface area (Å²) in [5.41, 5.74) is 6.73. The molecular weight excluding hydrogens is 674 g/mol. The lowest BCUT2D eigenvalue weighted by Gasteiger charge is -2.34. The predicted octanol–water partition coefficient (Wildman–Crippen LogP) is 8.63. The van der Waals surface area contributed by atoms with Gasteiger partial charge in [0.2, 0.25) is 11.8 Å². The Bertz CT molecular complexity index is 1980. The number of amides is 2. The standard InChI is InChI=1S/C44H45F3N4O2/c1-32-13-19-38(33(2)28-32)31-49(3)26-27-50(4)43(53)41(29-35-10-6-5-7-11-35)51(30-36-14-20-37(21-15-36)40-12-8-9-25-48-40)42(52)24-18-34-16-22-39(23-17-34)44(45,46)47/h5-25,28,41H,26-27,29-31H2,1-4H3. The molecule has 1 unspecified atom stereocenters. The summed E-state index contributed by atoms with van der Waals surface area (Å²) in [4.78, 5) is 38.5. The Morgan fingerprint density at radius 1 is 0.774 bits per heavy atom. The molecule has 0 N–H and O–H groups in total. The van der Waals surface area contributed by atoms with Crippen molar-refractivity contribution in [3.8, 4) is 11.3 Å². The van der Waals surface area contributed by atoms with Crippen LogP contribution < -0.4 is 0 Å². The number of benzene rings is 4. The number of aromatic nitrogens is 1. The van der Waals surface area contributed by atoms with Crippen LogP contribution in [0.25, 0.3) is 17.3 Å². The van der Waals surface area contributed by atoms with E-state index in [9.17, 15) is 22.8 Å². The fourth-order valence-corrected chi connectivity index (χ4v) is 6.15. The molecule has 0 aliphatic heterocycles. The van der Waals surface area contributed by atoms with E-state index in [1.54, 1.807) is 23.0 Å². The molecular formula is C44H45F3N4O2. The van der Waals surface area contributed by atoms with Gasteiger partial charge >= 0.3 is 6.18 Å².